The first kappa shape index (κ1) is 15.3. The maximum atomic E-state index is 9.44. The fourth-order valence-corrected chi connectivity index (χ4v) is 3.31. The van der Waals surface area contributed by atoms with E-state index in [2.05, 4.69) is 27.3 Å². The first-order valence-corrected chi connectivity index (χ1v) is 8.03. The predicted molar refractivity (Wildman–Crippen MR) is 83.7 cm³/mol. The molecule has 1 fully saturated rings. The molecule has 0 spiro atoms. The van der Waals surface area contributed by atoms with E-state index in [9.17, 15) is 5.26 Å². The molecule has 1 aromatic rings. The van der Waals surface area contributed by atoms with Crippen molar-refractivity contribution in [2.24, 2.45) is 0 Å². The average Bonchev–Trinajstić information content (AvgIpc) is 2.73. The van der Waals surface area contributed by atoms with Crippen LogP contribution in [0.1, 0.15) is 50.1 Å². The minimum absolute atomic E-state index is 0.250. The van der Waals surface area contributed by atoms with Gasteiger partial charge in [-0.15, -0.1) is 0 Å². The monoisotopic (exact) mass is 336 g/mol. The zero-order chi connectivity index (χ0) is 14.4. The maximum Gasteiger partial charge on any atom is 0.133 e. The number of methoxy groups -OCH3 is 1. The van der Waals surface area contributed by atoms with Crippen LogP contribution in [-0.2, 0) is 0 Å². The lowest BCUT2D eigenvalue weighted by Gasteiger charge is -2.21. The lowest BCUT2D eigenvalue weighted by Crippen LogP contribution is -2.31. The van der Waals surface area contributed by atoms with Crippen molar-refractivity contribution in [3.05, 3.63) is 28.2 Å². The molecule has 108 valence electrons. The van der Waals surface area contributed by atoms with Crippen molar-refractivity contribution in [2.75, 3.05) is 7.11 Å². The molecule has 1 atom stereocenters. The van der Waals surface area contributed by atoms with Crippen LogP contribution in [0.15, 0.2) is 22.7 Å². The van der Waals surface area contributed by atoms with E-state index in [1.807, 2.05) is 18.2 Å². The molecule has 0 aliphatic heterocycles. The Hall–Kier alpha value is -1.05. The Morgan fingerprint density at radius 3 is 2.55 bits per heavy atom. The molecule has 0 radical (unpaired) electrons. The van der Waals surface area contributed by atoms with Gasteiger partial charge in [-0.3, -0.25) is 5.32 Å². The zero-order valence-electron chi connectivity index (χ0n) is 11.9. The van der Waals surface area contributed by atoms with Gasteiger partial charge in [0.15, 0.2) is 0 Å². The van der Waals surface area contributed by atoms with Gasteiger partial charge in [0.05, 0.1) is 17.7 Å². The Bertz CT molecular complexity index is 476. The summed E-state index contributed by atoms with van der Waals surface area (Å²) in [5.41, 5.74) is 0.990. The lowest BCUT2D eigenvalue weighted by molar-refractivity contribution is 0.411. The molecule has 0 saturated heterocycles. The van der Waals surface area contributed by atoms with Gasteiger partial charge in [-0.2, -0.15) is 5.26 Å². The van der Waals surface area contributed by atoms with Crippen LogP contribution in [-0.4, -0.2) is 13.2 Å². The zero-order valence-corrected chi connectivity index (χ0v) is 13.4. The largest absolute Gasteiger partial charge is 0.496 e. The van der Waals surface area contributed by atoms with Crippen molar-refractivity contribution in [3.8, 4) is 11.8 Å². The van der Waals surface area contributed by atoms with Crippen LogP contribution >= 0.6 is 15.9 Å². The number of nitrogens with one attached hydrogen (secondary N) is 1. The summed E-state index contributed by atoms with van der Waals surface area (Å²) >= 11 is 3.48. The van der Waals surface area contributed by atoms with Gasteiger partial charge in [-0.05, 0) is 46.5 Å². The summed E-state index contributed by atoms with van der Waals surface area (Å²) in [6.07, 6.45) is 7.53. The van der Waals surface area contributed by atoms with E-state index in [1.165, 1.54) is 38.5 Å². The number of nitrogens with zero attached hydrogens (tertiary/aromatic N) is 1. The van der Waals surface area contributed by atoms with Crippen LogP contribution in [0.25, 0.3) is 0 Å². The summed E-state index contributed by atoms with van der Waals surface area (Å²) in [5, 5.41) is 12.9. The summed E-state index contributed by atoms with van der Waals surface area (Å²) in [5.74, 6) is 0.792. The van der Waals surface area contributed by atoms with Crippen LogP contribution in [0.3, 0.4) is 0 Å². The van der Waals surface area contributed by atoms with Crippen molar-refractivity contribution >= 4 is 15.9 Å². The second-order valence-corrected chi connectivity index (χ2v) is 6.17. The first-order valence-electron chi connectivity index (χ1n) is 7.23. The molecule has 0 aromatic heterocycles. The molecule has 1 unspecified atom stereocenters. The van der Waals surface area contributed by atoms with Gasteiger partial charge in [-0.25, -0.2) is 0 Å². The van der Waals surface area contributed by atoms with Gasteiger partial charge in [0.1, 0.15) is 11.8 Å². The minimum atomic E-state index is -0.250. The molecule has 4 heteroatoms. The third-order valence-electron chi connectivity index (χ3n) is 3.90. The van der Waals surface area contributed by atoms with Crippen molar-refractivity contribution in [1.29, 1.82) is 5.26 Å². The van der Waals surface area contributed by atoms with Gasteiger partial charge in [0, 0.05) is 6.04 Å². The molecule has 1 aromatic carbocycles. The third kappa shape index (κ3) is 3.97. The summed E-state index contributed by atoms with van der Waals surface area (Å²) in [6.45, 7) is 0. The Morgan fingerprint density at radius 2 is 2.00 bits per heavy atom. The fraction of sp³-hybridized carbons (Fsp3) is 0.562. The van der Waals surface area contributed by atoms with E-state index in [0.29, 0.717) is 6.04 Å². The van der Waals surface area contributed by atoms with Crippen molar-refractivity contribution < 1.29 is 4.74 Å². The molecule has 20 heavy (non-hydrogen) atoms. The molecule has 0 bridgehead atoms. The standard InChI is InChI=1S/C16H21BrN2O/c1-20-16-9-8-12(10-14(16)17)15(11-18)19-13-6-4-2-3-5-7-13/h8-10,13,15,19H,2-7H2,1H3. The van der Waals surface area contributed by atoms with Gasteiger partial charge in [0.25, 0.3) is 0 Å². The van der Waals surface area contributed by atoms with Crippen LogP contribution in [0.4, 0.5) is 0 Å². The topological polar surface area (TPSA) is 45.0 Å². The summed E-state index contributed by atoms with van der Waals surface area (Å²) < 4.78 is 6.12. The molecule has 1 aliphatic carbocycles. The van der Waals surface area contributed by atoms with E-state index in [0.717, 1.165) is 15.8 Å². The number of halogens is 1. The highest BCUT2D eigenvalue weighted by Gasteiger charge is 2.18. The summed E-state index contributed by atoms with van der Waals surface area (Å²) in [4.78, 5) is 0. The minimum Gasteiger partial charge on any atom is -0.496 e. The molecule has 1 saturated carbocycles. The van der Waals surface area contributed by atoms with E-state index in [4.69, 9.17) is 4.74 Å². The number of rotatable bonds is 4. The summed E-state index contributed by atoms with van der Waals surface area (Å²) in [6, 6.07) is 8.42. The second-order valence-electron chi connectivity index (χ2n) is 5.31. The first-order chi connectivity index (χ1) is 9.74. The van der Waals surface area contributed by atoms with Crippen LogP contribution < -0.4 is 10.1 Å². The number of nitriles is 1. The highest BCUT2D eigenvalue weighted by Crippen LogP contribution is 2.29. The van der Waals surface area contributed by atoms with E-state index in [1.54, 1.807) is 7.11 Å². The number of hydrogen-bond acceptors (Lipinski definition) is 3. The Labute approximate surface area is 129 Å². The van der Waals surface area contributed by atoms with E-state index >= 15 is 0 Å². The number of benzene rings is 1. The van der Waals surface area contributed by atoms with Crippen LogP contribution in [0.2, 0.25) is 0 Å². The van der Waals surface area contributed by atoms with Gasteiger partial charge in [0.2, 0.25) is 0 Å². The van der Waals surface area contributed by atoms with Crippen LogP contribution in [0.5, 0.6) is 5.75 Å². The van der Waals surface area contributed by atoms with E-state index in [-0.39, 0.29) is 6.04 Å². The van der Waals surface area contributed by atoms with Crippen LogP contribution in [0, 0.1) is 11.3 Å². The highest BCUT2D eigenvalue weighted by atomic mass is 79.9. The molecule has 0 heterocycles. The molecular formula is C16H21BrN2O. The lowest BCUT2D eigenvalue weighted by atomic mass is 10.0. The summed E-state index contributed by atoms with van der Waals surface area (Å²) in [7, 11) is 1.64. The van der Waals surface area contributed by atoms with Gasteiger partial charge in [-0.1, -0.05) is 31.7 Å². The highest BCUT2D eigenvalue weighted by molar-refractivity contribution is 9.10. The number of ether oxygens (including phenoxy) is 1. The third-order valence-corrected chi connectivity index (χ3v) is 4.52. The Kier molecular flexibility index (Phi) is 5.87. The smallest absolute Gasteiger partial charge is 0.133 e. The molecular weight excluding hydrogens is 316 g/mol. The van der Waals surface area contributed by atoms with Crippen molar-refractivity contribution in [1.82, 2.24) is 5.32 Å². The number of hydrogen-bond donors (Lipinski definition) is 1. The Balaban J connectivity index is 2.07. The molecule has 2 rings (SSSR count). The molecule has 1 N–H and O–H groups in total. The predicted octanol–water partition coefficient (Wildman–Crippen LogP) is 4.33. The SMILES string of the molecule is COc1ccc(C(C#N)NC2CCCCCC2)cc1Br. The molecule has 1 aliphatic rings. The maximum absolute atomic E-state index is 9.44. The van der Waals surface area contributed by atoms with E-state index < -0.39 is 0 Å². The average molecular weight is 337 g/mol. The normalized spacial score (nSPS) is 18.1. The second kappa shape index (κ2) is 7.66. The fourth-order valence-electron chi connectivity index (χ4n) is 2.75. The van der Waals surface area contributed by atoms with Gasteiger partial charge < -0.3 is 4.74 Å². The van der Waals surface area contributed by atoms with Gasteiger partial charge >= 0.3 is 0 Å². The molecule has 3 nitrogen and oxygen atoms in total. The Morgan fingerprint density at radius 1 is 1.30 bits per heavy atom. The quantitative estimate of drug-likeness (QED) is 0.832. The van der Waals surface area contributed by atoms with Crippen molar-refractivity contribution in [3.63, 3.8) is 0 Å². The molecule has 0 amide bonds. The van der Waals surface area contributed by atoms with Crippen molar-refractivity contribution in [2.45, 2.75) is 50.6 Å².